The summed E-state index contributed by atoms with van der Waals surface area (Å²) in [5.41, 5.74) is -0.0251. The van der Waals surface area contributed by atoms with E-state index in [2.05, 4.69) is 45.5 Å². The largest absolute Gasteiger partial charge is 0.459 e. The summed E-state index contributed by atoms with van der Waals surface area (Å²) in [5.74, 6) is -1.88. The van der Waals surface area contributed by atoms with E-state index in [4.69, 9.17) is 20.8 Å². The first-order chi connectivity index (χ1) is 16.2. The third kappa shape index (κ3) is 6.24. The van der Waals surface area contributed by atoms with E-state index in [9.17, 15) is 14.4 Å². The normalized spacial score (nSPS) is 20.3. The minimum absolute atomic E-state index is 0.0105. The van der Waals surface area contributed by atoms with E-state index in [1.165, 1.54) is 11.0 Å². The maximum Gasteiger partial charge on any atom is 0.344 e. The number of alkyl halides is 1. The molecule has 0 N–H and O–H groups in total. The van der Waals surface area contributed by atoms with Gasteiger partial charge in [0.05, 0.1) is 18.1 Å². The molecule has 1 aliphatic rings. The number of β-lactam (4-membered cyclic amide) rings is 1. The SMILES string of the molecule is C=CCOC(=O)C(Cl)N1C(=O)[C@H]([C@@H](C)O[Si](C)(C)C(C)(C)C)[C@H]1CC(=O)c1cc(CC)n(CC)n1. The Morgan fingerprint density at radius 2 is 1.94 bits per heavy atom. The summed E-state index contributed by atoms with van der Waals surface area (Å²) in [6.45, 7) is 20.6. The van der Waals surface area contributed by atoms with Crippen molar-refractivity contribution in [3.63, 3.8) is 0 Å². The van der Waals surface area contributed by atoms with Crippen LogP contribution in [0.3, 0.4) is 0 Å². The number of aryl methyl sites for hydroxylation is 2. The zero-order chi connectivity index (χ0) is 26.7. The van der Waals surface area contributed by atoms with Crippen molar-refractivity contribution < 1.29 is 23.5 Å². The van der Waals surface area contributed by atoms with Gasteiger partial charge in [-0.05, 0) is 44.5 Å². The summed E-state index contributed by atoms with van der Waals surface area (Å²) < 4.78 is 13.4. The molecule has 35 heavy (non-hydrogen) atoms. The number of aromatic nitrogens is 2. The van der Waals surface area contributed by atoms with Gasteiger partial charge in [0.2, 0.25) is 11.4 Å². The lowest BCUT2D eigenvalue weighted by molar-refractivity contribution is -0.172. The molecule has 196 valence electrons. The van der Waals surface area contributed by atoms with E-state index in [0.717, 1.165) is 12.1 Å². The Hall–Kier alpha value is -1.97. The Morgan fingerprint density at radius 3 is 2.43 bits per heavy atom. The van der Waals surface area contributed by atoms with Crippen LogP contribution in [-0.4, -0.2) is 64.9 Å². The van der Waals surface area contributed by atoms with Crippen molar-refractivity contribution in [3.8, 4) is 0 Å². The topological polar surface area (TPSA) is 90.7 Å². The van der Waals surface area contributed by atoms with Gasteiger partial charge in [-0.3, -0.25) is 14.3 Å². The molecule has 1 fully saturated rings. The zero-order valence-corrected chi connectivity index (χ0v) is 24.0. The monoisotopic (exact) mass is 525 g/mol. The van der Waals surface area contributed by atoms with Crippen molar-refractivity contribution in [3.05, 3.63) is 30.1 Å². The van der Waals surface area contributed by atoms with E-state index in [1.54, 1.807) is 10.7 Å². The van der Waals surface area contributed by atoms with Gasteiger partial charge in [-0.1, -0.05) is 52.0 Å². The van der Waals surface area contributed by atoms with Crippen molar-refractivity contribution in [2.45, 2.75) is 96.7 Å². The molecular weight excluding hydrogens is 486 g/mol. The Bertz CT molecular complexity index is 934. The van der Waals surface area contributed by atoms with Crippen LogP contribution in [0.5, 0.6) is 0 Å². The van der Waals surface area contributed by atoms with Gasteiger partial charge in [0.25, 0.3) is 0 Å². The van der Waals surface area contributed by atoms with E-state index < -0.39 is 37.9 Å². The minimum atomic E-state index is -2.19. The maximum atomic E-state index is 13.3. The molecule has 8 nitrogen and oxygen atoms in total. The second kappa shape index (κ2) is 11.4. The first-order valence-electron chi connectivity index (χ1n) is 12.2. The van der Waals surface area contributed by atoms with Crippen molar-refractivity contribution >= 4 is 37.6 Å². The van der Waals surface area contributed by atoms with Gasteiger partial charge in [0.15, 0.2) is 14.1 Å². The molecule has 1 aromatic heterocycles. The summed E-state index contributed by atoms with van der Waals surface area (Å²) in [5, 5.41) is 4.39. The van der Waals surface area contributed by atoms with Gasteiger partial charge in [-0.15, -0.1) is 0 Å². The molecule has 1 aliphatic heterocycles. The highest BCUT2D eigenvalue weighted by atomic mass is 35.5. The molecular formula is C25H40ClN3O5Si. The van der Waals surface area contributed by atoms with Crippen LogP contribution < -0.4 is 0 Å². The summed E-state index contributed by atoms with van der Waals surface area (Å²) in [6, 6.07) is 1.18. The molecule has 0 saturated carbocycles. The highest BCUT2D eigenvalue weighted by Crippen LogP contribution is 2.42. The average Bonchev–Trinajstić information content (AvgIpc) is 3.19. The minimum Gasteiger partial charge on any atom is -0.459 e. The third-order valence-electron chi connectivity index (χ3n) is 7.09. The Kier molecular flexibility index (Phi) is 9.52. The van der Waals surface area contributed by atoms with Crippen molar-refractivity contribution in [1.82, 2.24) is 14.7 Å². The smallest absolute Gasteiger partial charge is 0.344 e. The Labute approximate surface area is 215 Å². The van der Waals surface area contributed by atoms with E-state index >= 15 is 0 Å². The molecule has 1 unspecified atom stereocenters. The number of ether oxygens (including phenoxy) is 1. The lowest BCUT2D eigenvalue weighted by Gasteiger charge is -2.52. The predicted octanol–water partition coefficient (Wildman–Crippen LogP) is 4.57. The number of esters is 1. The van der Waals surface area contributed by atoms with Crippen LogP contribution in [0.25, 0.3) is 0 Å². The number of ketones is 1. The average molecular weight is 526 g/mol. The van der Waals surface area contributed by atoms with Gasteiger partial charge < -0.3 is 14.1 Å². The second-order valence-corrected chi connectivity index (χ2v) is 15.7. The molecule has 2 heterocycles. The number of Topliss-reactive ketones (excluding diaryl/α,β-unsaturated/α-hetero) is 1. The lowest BCUT2D eigenvalue weighted by atomic mass is 9.80. The summed E-state index contributed by atoms with van der Waals surface area (Å²) in [7, 11) is -2.19. The molecule has 1 saturated heterocycles. The molecule has 10 heteroatoms. The third-order valence-corrected chi connectivity index (χ3v) is 12.1. The van der Waals surface area contributed by atoms with E-state index in [-0.39, 0.29) is 29.8 Å². The summed E-state index contributed by atoms with van der Waals surface area (Å²) in [6.07, 6.45) is 1.73. The molecule has 0 aliphatic carbocycles. The molecule has 1 amide bonds. The fourth-order valence-corrected chi connectivity index (χ4v) is 5.83. The second-order valence-electron chi connectivity index (χ2n) is 10.5. The highest BCUT2D eigenvalue weighted by molar-refractivity contribution is 6.74. The van der Waals surface area contributed by atoms with Crippen LogP contribution in [0, 0.1) is 5.92 Å². The molecule has 0 spiro atoms. The Morgan fingerprint density at radius 1 is 1.31 bits per heavy atom. The van der Waals surface area contributed by atoms with Crippen LogP contribution in [0.2, 0.25) is 18.1 Å². The Balaban J connectivity index is 2.33. The van der Waals surface area contributed by atoms with Gasteiger partial charge in [-0.25, -0.2) is 4.79 Å². The number of carbonyl (C=O) groups excluding carboxylic acids is 3. The van der Waals surface area contributed by atoms with Gasteiger partial charge >= 0.3 is 5.97 Å². The molecule has 1 aromatic rings. The van der Waals surface area contributed by atoms with Crippen molar-refractivity contribution in [1.29, 1.82) is 0 Å². The van der Waals surface area contributed by atoms with Crippen molar-refractivity contribution in [2.75, 3.05) is 6.61 Å². The van der Waals surface area contributed by atoms with Gasteiger partial charge in [-0.2, -0.15) is 5.10 Å². The van der Waals surface area contributed by atoms with E-state index in [0.29, 0.717) is 12.2 Å². The number of nitrogens with zero attached hydrogens (tertiary/aromatic N) is 3. The van der Waals surface area contributed by atoms with Gasteiger partial charge in [0.1, 0.15) is 12.3 Å². The standard InChI is InChI=1S/C25H40ClN3O5Si/c1-10-13-33-24(32)22(26)29-19(15-20(30)18-14-17(11-2)28(12-3)27-18)21(23(29)31)16(4)34-35(8,9)25(5,6)7/h10,14,16,19,21-22H,1,11-13,15H2,2-9H3/t16-,19-,21-,22?/m1/s1. The first-order valence-corrected chi connectivity index (χ1v) is 15.6. The number of likely N-dealkylation sites (tertiary alicyclic amines) is 1. The predicted molar refractivity (Wildman–Crippen MR) is 139 cm³/mol. The van der Waals surface area contributed by atoms with Crippen LogP contribution in [0.15, 0.2) is 18.7 Å². The number of amides is 1. The number of halogens is 1. The molecule has 0 aromatic carbocycles. The quantitative estimate of drug-likeness (QED) is 0.0755. The fourth-order valence-electron chi connectivity index (χ4n) is 4.09. The maximum absolute atomic E-state index is 13.3. The van der Waals surface area contributed by atoms with E-state index in [1.807, 2.05) is 20.8 Å². The number of hydrogen-bond donors (Lipinski definition) is 0. The number of carbonyl (C=O) groups is 3. The number of hydrogen-bond acceptors (Lipinski definition) is 6. The lowest BCUT2D eigenvalue weighted by Crippen LogP contribution is -2.69. The highest BCUT2D eigenvalue weighted by Gasteiger charge is 2.56. The van der Waals surface area contributed by atoms with Crippen LogP contribution >= 0.6 is 11.6 Å². The first kappa shape index (κ1) is 29.3. The molecule has 4 atom stereocenters. The summed E-state index contributed by atoms with van der Waals surface area (Å²) >= 11 is 6.37. The van der Waals surface area contributed by atoms with Gasteiger partial charge in [0, 0.05) is 18.7 Å². The number of rotatable bonds is 12. The fraction of sp³-hybridized carbons (Fsp3) is 0.680. The van der Waals surface area contributed by atoms with Crippen LogP contribution in [0.4, 0.5) is 0 Å². The van der Waals surface area contributed by atoms with Crippen LogP contribution in [0.1, 0.15) is 64.1 Å². The zero-order valence-electron chi connectivity index (χ0n) is 22.3. The van der Waals surface area contributed by atoms with Crippen molar-refractivity contribution in [2.24, 2.45) is 5.92 Å². The molecule has 0 radical (unpaired) electrons. The molecule has 0 bridgehead atoms. The molecule has 2 rings (SSSR count). The van der Waals surface area contributed by atoms with Crippen LogP contribution in [-0.2, 0) is 31.7 Å². The summed E-state index contributed by atoms with van der Waals surface area (Å²) in [4.78, 5) is 40.2.